The van der Waals surface area contributed by atoms with E-state index in [4.69, 9.17) is 34.7 Å². The lowest BCUT2D eigenvalue weighted by Crippen LogP contribution is -2.35. The number of hydrogen-bond donors (Lipinski definition) is 2. The van der Waals surface area contributed by atoms with Crippen LogP contribution in [0, 0.1) is 0 Å². The molecule has 0 aromatic heterocycles. The summed E-state index contributed by atoms with van der Waals surface area (Å²) in [5.74, 6) is -0.848. The molecule has 0 aliphatic heterocycles. The maximum Gasteiger partial charge on any atom is 0.304 e. The minimum Gasteiger partial charge on any atom is -0.481 e. The van der Waals surface area contributed by atoms with Gasteiger partial charge in [-0.1, -0.05) is 36.0 Å². The molecule has 6 heteroatoms. The molecule has 0 saturated carbocycles. The first-order valence-corrected chi connectivity index (χ1v) is 6.17. The van der Waals surface area contributed by atoms with Crippen molar-refractivity contribution in [3.63, 3.8) is 0 Å². The summed E-state index contributed by atoms with van der Waals surface area (Å²) >= 11 is 10.9. The van der Waals surface area contributed by atoms with Gasteiger partial charge < -0.3 is 10.8 Å². The number of hydrogen-bond acceptors (Lipinski definition) is 3. The van der Waals surface area contributed by atoms with Crippen molar-refractivity contribution in [3.8, 4) is 0 Å². The van der Waals surface area contributed by atoms with Crippen molar-refractivity contribution in [1.29, 1.82) is 0 Å². The van der Waals surface area contributed by atoms with E-state index >= 15 is 0 Å². The normalized spacial score (nSPS) is 12.4. The van der Waals surface area contributed by atoms with E-state index in [0.717, 1.165) is 5.56 Å². The van der Waals surface area contributed by atoms with Gasteiger partial charge in [0.1, 0.15) is 0 Å². The van der Waals surface area contributed by atoms with Crippen LogP contribution in [0.2, 0.25) is 5.02 Å². The predicted octanol–water partition coefficient (Wildman–Crippen LogP) is 2.07. The molecule has 0 bridgehead atoms. The number of rotatable bonds is 6. The largest absolute Gasteiger partial charge is 0.481 e. The molecule has 3 N–H and O–H groups in total. The van der Waals surface area contributed by atoms with Crippen molar-refractivity contribution in [2.75, 3.05) is 13.6 Å². The third-order valence-corrected chi connectivity index (χ3v) is 3.05. The Hall–Kier alpha value is -1.17. The average molecular weight is 287 g/mol. The molecule has 0 radical (unpaired) electrons. The molecule has 1 atom stereocenters. The topological polar surface area (TPSA) is 66.6 Å². The first kappa shape index (κ1) is 14.9. The summed E-state index contributed by atoms with van der Waals surface area (Å²) in [7, 11) is 1.79. The van der Waals surface area contributed by atoms with Crippen LogP contribution < -0.4 is 5.73 Å². The summed E-state index contributed by atoms with van der Waals surface area (Å²) in [5.41, 5.74) is 6.63. The minimum absolute atomic E-state index is 0.0448. The minimum atomic E-state index is -0.848. The van der Waals surface area contributed by atoms with Crippen LogP contribution in [0.5, 0.6) is 0 Å². The molecule has 1 aromatic carbocycles. The number of carboxylic acid groups (broad SMARTS) is 1. The van der Waals surface area contributed by atoms with Crippen LogP contribution >= 0.6 is 23.8 Å². The highest BCUT2D eigenvalue weighted by Gasteiger charge is 2.20. The fourth-order valence-electron chi connectivity index (χ4n) is 1.68. The molecule has 0 heterocycles. The van der Waals surface area contributed by atoms with Crippen molar-refractivity contribution in [3.05, 3.63) is 34.9 Å². The highest BCUT2D eigenvalue weighted by atomic mass is 35.5. The molecule has 18 heavy (non-hydrogen) atoms. The predicted molar refractivity (Wildman–Crippen MR) is 75.9 cm³/mol. The lowest BCUT2D eigenvalue weighted by atomic mass is 10.1. The number of carbonyl (C=O) groups is 1. The van der Waals surface area contributed by atoms with Gasteiger partial charge in [0, 0.05) is 11.6 Å². The maximum atomic E-state index is 10.6. The van der Waals surface area contributed by atoms with Gasteiger partial charge in [-0.05, 0) is 24.7 Å². The number of likely N-dealkylation sites (N-methyl/N-ethyl adjacent to an activating group) is 1. The van der Waals surface area contributed by atoms with Crippen molar-refractivity contribution >= 4 is 34.8 Å². The zero-order chi connectivity index (χ0) is 13.7. The number of benzene rings is 1. The molecular weight excluding hydrogens is 272 g/mol. The van der Waals surface area contributed by atoms with Crippen LogP contribution in [-0.2, 0) is 4.79 Å². The zero-order valence-corrected chi connectivity index (χ0v) is 11.5. The molecule has 0 aliphatic carbocycles. The van der Waals surface area contributed by atoms with E-state index < -0.39 is 5.97 Å². The van der Waals surface area contributed by atoms with Crippen LogP contribution in [0.15, 0.2) is 24.3 Å². The monoisotopic (exact) mass is 286 g/mol. The molecule has 98 valence electrons. The lowest BCUT2D eigenvalue weighted by Gasteiger charge is -2.27. The summed E-state index contributed by atoms with van der Waals surface area (Å²) in [5, 5.41) is 9.31. The van der Waals surface area contributed by atoms with E-state index in [1.165, 1.54) is 0 Å². The Bertz CT molecular complexity index is 436. The number of nitrogens with two attached hydrogens (primary N) is 1. The standard InChI is InChI=1S/C12H15ClN2O2S/c1-15(7-6-10(16)17)11(12(14)18)8-2-4-9(13)5-3-8/h2-5,11H,6-7H2,1H3,(H2,14,18)(H,16,17). The molecule has 1 unspecified atom stereocenters. The zero-order valence-electron chi connectivity index (χ0n) is 9.97. The fraction of sp³-hybridized carbons (Fsp3) is 0.333. The lowest BCUT2D eigenvalue weighted by molar-refractivity contribution is -0.137. The fourth-order valence-corrected chi connectivity index (χ4v) is 2.12. The van der Waals surface area contributed by atoms with E-state index in [1.807, 2.05) is 17.0 Å². The van der Waals surface area contributed by atoms with E-state index in [9.17, 15) is 4.79 Å². The first-order valence-electron chi connectivity index (χ1n) is 5.38. The number of halogens is 1. The summed E-state index contributed by atoms with van der Waals surface area (Å²) < 4.78 is 0. The maximum absolute atomic E-state index is 10.6. The molecule has 0 saturated heterocycles. The van der Waals surface area contributed by atoms with Crippen molar-refractivity contribution in [2.45, 2.75) is 12.5 Å². The summed E-state index contributed by atoms with van der Waals surface area (Å²) in [6.07, 6.45) is 0.0448. The van der Waals surface area contributed by atoms with Gasteiger partial charge in [-0.15, -0.1) is 0 Å². The highest BCUT2D eigenvalue weighted by molar-refractivity contribution is 7.80. The second-order valence-corrected chi connectivity index (χ2v) is 4.89. The molecule has 0 spiro atoms. The molecular formula is C12H15ClN2O2S. The smallest absolute Gasteiger partial charge is 0.304 e. The molecule has 0 aliphatic rings. The third kappa shape index (κ3) is 4.25. The van der Waals surface area contributed by atoms with E-state index in [-0.39, 0.29) is 12.5 Å². The third-order valence-electron chi connectivity index (χ3n) is 2.57. The average Bonchev–Trinajstić information content (AvgIpc) is 2.29. The van der Waals surface area contributed by atoms with E-state index in [1.54, 1.807) is 19.2 Å². The van der Waals surface area contributed by atoms with E-state index in [2.05, 4.69) is 0 Å². The Labute approximate surface area is 116 Å². The van der Waals surface area contributed by atoms with Crippen LogP contribution in [0.3, 0.4) is 0 Å². The van der Waals surface area contributed by atoms with Crippen LogP contribution in [0.25, 0.3) is 0 Å². The Kier molecular flexibility index (Phi) is 5.53. The Morgan fingerprint density at radius 3 is 2.50 bits per heavy atom. The Morgan fingerprint density at radius 2 is 2.06 bits per heavy atom. The van der Waals surface area contributed by atoms with Crippen molar-refractivity contribution in [1.82, 2.24) is 4.90 Å². The molecule has 0 amide bonds. The van der Waals surface area contributed by atoms with Gasteiger partial charge >= 0.3 is 5.97 Å². The second kappa shape index (κ2) is 6.68. The Morgan fingerprint density at radius 1 is 1.50 bits per heavy atom. The van der Waals surface area contributed by atoms with Gasteiger partial charge in [0.15, 0.2) is 0 Å². The van der Waals surface area contributed by atoms with Crippen molar-refractivity contribution in [2.24, 2.45) is 5.73 Å². The molecule has 1 rings (SSSR count). The van der Waals surface area contributed by atoms with Gasteiger partial charge in [-0.3, -0.25) is 9.69 Å². The van der Waals surface area contributed by atoms with Crippen LogP contribution in [-0.4, -0.2) is 34.6 Å². The van der Waals surface area contributed by atoms with Gasteiger partial charge in [0.05, 0.1) is 17.5 Å². The Balaban J connectivity index is 2.85. The number of carboxylic acids is 1. The molecule has 0 fully saturated rings. The van der Waals surface area contributed by atoms with Crippen LogP contribution in [0.1, 0.15) is 18.0 Å². The summed E-state index contributed by atoms with van der Waals surface area (Å²) in [4.78, 5) is 12.7. The van der Waals surface area contributed by atoms with Gasteiger partial charge in [0.25, 0.3) is 0 Å². The SMILES string of the molecule is CN(CCC(=O)O)C(C(N)=S)c1ccc(Cl)cc1. The van der Waals surface area contributed by atoms with Gasteiger partial charge in [-0.2, -0.15) is 0 Å². The first-order chi connectivity index (χ1) is 8.41. The van der Waals surface area contributed by atoms with Gasteiger partial charge in [0.2, 0.25) is 0 Å². The summed E-state index contributed by atoms with van der Waals surface area (Å²) in [6, 6.07) is 6.91. The van der Waals surface area contributed by atoms with Gasteiger partial charge in [-0.25, -0.2) is 0 Å². The number of nitrogens with zero attached hydrogens (tertiary/aromatic N) is 1. The second-order valence-electron chi connectivity index (χ2n) is 3.98. The summed E-state index contributed by atoms with van der Waals surface area (Å²) in [6.45, 7) is 0.375. The van der Waals surface area contributed by atoms with E-state index in [0.29, 0.717) is 16.6 Å². The van der Waals surface area contributed by atoms with Crippen molar-refractivity contribution < 1.29 is 9.90 Å². The van der Waals surface area contributed by atoms with Crippen LogP contribution in [0.4, 0.5) is 0 Å². The highest BCUT2D eigenvalue weighted by Crippen LogP contribution is 2.22. The number of thiocarbonyl (C=S) groups is 1. The molecule has 4 nitrogen and oxygen atoms in total. The quantitative estimate of drug-likeness (QED) is 0.784. The number of aliphatic carboxylic acids is 1. The molecule has 1 aromatic rings.